The smallest absolute Gasteiger partial charge is 0.417 e. The monoisotopic (exact) mass is 556 g/mol. The molecule has 0 aromatic heterocycles. The summed E-state index contributed by atoms with van der Waals surface area (Å²) in [6.45, 7) is 0. The zero-order valence-corrected chi connectivity index (χ0v) is 19.5. The van der Waals surface area contributed by atoms with Gasteiger partial charge in [-0.2, -0.15) is 13.2 Å². The van der Waals surface area contributed by atoms with Crippen molar-refractivity contribution in [2.75, 3.05) is 12.4 Å². The second-order valence-corrected chi connectivity index (χ2v) is 8.19. The fourth-order valence-corrected chi connectivity index (χ4v) is 3.74. The van der Waals surface area contributed by atoms with E-state index >= 15 is 0 Å². The summed E-state index contributed by atoms with van der Waals surface area (Å²) in [6, 6.07) is 10.5. The van der Waals surface area contributed by atoms with Gasteiger partial charge < -0.3 is 10.1 Å². The Morgan fingerprint density at radius 1 is 1.06 bits per heavy atom. The highest BCUT2D eigenvalue weighted by molar-refractivity contribution is 9.10. The minimum atomic E-state index is -4.84. The minimum Gasteiger partial charge on any atom is -0.465 e. The molecule has 0 saturated heterocycles. The second-order valence-electron chi connectivity index (χ2n) is 6.87. The molecule has 3 aromatic rings. The molecule has 3 rings (SSSR count). The number of hydrogen-bond donors (Lipinski definition) is 2. The van der Waals surface area contributed by atoms with Gasteiger partial charge in [0.2, 0.25) is 0 Å². The number of methoxy groups -OCH3 is 1. The van der Waals surface area contributed by atoms with Gasteiger partial charge in [0.1, 0.15) is 5.82 Å². The van der Waals surface area contributed by atoms with E-state index in [-0.39, 0.29) is 28.1 Å². The van der Waals surface area contributed by atoms with Gasteiger partial charge in [0.05, 0.1) is 40.2 Å². The maximum Gasteiger partial charge on any atom is 0.417 e. The Labute approximate surface area is 204 Å². The van der Waals surface area contributed by atoms with E-state index in [2.05, 4.69) is 26.0 Å². The van der Waals surface area contributed by atoms with Crippen molar-refractivity contribution in [3.05, 3.63) is 97.7 Å². The highest BCUT2D eigenvalue weighted by Crippen LogP contribution is 2.36. The first kappa shape index (κ1) is 25.4. The Morgan fingerprint density at radius 2 is 1.74 bits per heavy atom. The summed E-state index contributed by atoms with van der Waals surface area (Å²) in [5, 5.41) is 10.4. The lowest BCUT2D eigenvalue weighted by atomic mass is 9.98. The number of rotatable bonds is 5. The molecular formula is C23H14BrClF4N2O3. The van der Waals surface area contributed by atoms with Crippen molar-refractivity contribution in [1.29, 1.82) is 5.41 Å². The zero-order chi connectivity index (χ0) is 25.2. The van der Waals surface area contributed by atoms with Gasteiger partial charge in [0.25, 0.3) is 5.91 Å². The molecule has 3 aromatic carbocycles. The Bertz CT molecular complexity index is 1310. The topological polar surface area (TPSA) is 79.2 Å². The zero-order valence-electron chi connectivity index (χ0n) is 17.2. The molecule has 0 aliphatic rings. The Hall–Kier alpha value is -3.24. The summed E-state index contributed by atoms with van der Waals surface area (Å²) < 4.78 is 59.9. The molecule has 0 fully saturated rings. The third-order valence-corrected chi connectivity index (χ3v) is 5.51. The predicted molar refractivity (Wildman–Crippen MR) is 122 cm³/mol. The van der Waals surface area contributed by atoms with Gasteiger partial charge in [0.15, 0.2) is 0 Å². The molecule has 0 aliphatic heterocycles. The van der Waals surface area contributed by atoms with Crippen molar-refractivity contribution in [2.24, 2.45) is 0 Å². The van der Waals surface area contributed by atoms with Crippen LogP contribution in [0.2, 0.25) is 5.02 Å². The van der Waals surface area contributed by atoms with Crippen LogP contribution in [-0.2, 0) is 10.9 Å². The number of ether oxygens (including phenoxy) is 1. The molecule has 11 heteroatoms. The number of esters is 1. The van der Waals surface area contributed by atoms with Crippen LogP contribution in [0.5, 0.6) is 0 Å². The molecule has 0 spiro atoms. The van der Waals surface area contributed by atoms with E-state index in [1.165, 1.54) is 30.3 Å². The lowest BCUT2D eigenvalue weighted by Crippen LogP contribution is -2.21. The summed E-state index contributed by atoms with van der Waals surface area (Å²) in [6.07, 6.45) is -4.84. The van der Waals surface area contributed by atoms with Crippen LogP contribution in [0, 0.1) is 11.2 Å². The van der Waals surface area contributed by atoms with Crippen LogP contribution in [0.3, 0.4) is 0 Å². The Kier molecular flexibility index (Phi) is 7.42. The van der Waals surface area contributed by atoms with Gasteiger partial charge in [-0.25, -0.2) is 9.18 Å². The number of carbonyl (C=O) groups is 2. The van der Waals surface area contributed by atoms with Crippen molar-refractivity contribution in [2.45, 2.75) is 6.18 Å². The summed E-state index contributed by atoms with van der Waals surface area (Å²) in [7, 11) is 1.14. The van der Waals surface area contributed by atoms with Crippen molar-refractivity contribution < 1.29 is 31.9 Å². The predicted octanol–water partition coefficient (Wildman–Crippen LogP) is 6.72. The van der Waals surface area contributed by atoms with Gasteiger partial charge in [-0.15, -0.1) is 0 Å². The van der Waals surface area contributed by atoms with E-state index in [1.807, 2.05) is 0 Å². The molecule has 2 N–H and O–H groups in total. The Morgan fingerprint density at radius 3 is 2.35 bits per heavy atom. The van der Waals surface area contributed by atoms with Crippen molar-refractivity contribution in [3.8, 4) is 0 Å². The minimum absolute atomic E-state index is 0.0156. The molecule has 0 bridgehead atoms. The maximum atomic E-state index is 14.7. The third kappa shape index (κ3) is 5.28. The Balaban J connectivity index is 2.03. The van der Waals surface area contributed by atoms with E-state index < -0.39 is 40.0 Å². The van der Waals surface area contributed by atoms with Crippen LogP contribution in [0.1, 0.15) is 37.4 Å². The van der Waals surface area contributed by atoms with Gasteiger partial charge in [-0.3, -0.25) is 10.2 Å². The largest absolute Gasteiger partial charge is 0.465 e. The van der Waals surface area contributed by atoms with Crippen LogP contribution in [0.25, 0.3) is 0 Å². The van der Waals surface area contributed by atoms with Gasteiger partial charge >= 0.3 is 12.1 Å². The average molecular weight is 558 g/mol. The number of alkyl halides is 3. The molecule has 0 saturated carbocycles. The van der Waals surface area contributed by atoms with Gasteiger partial charge in [-0.05, 0) is 48.5 Å². The maximum absolute atomic E-state index is 14.7. The summed E-state index contributed by atoms with van der Waals surface area (Å²) in [5.41, 5.74) is -2.72. The first-order valence-corrected chi connectivity index (χ1v) is 10.5. The van der Waals surface area contributed by atoms with E-state index in [0.717, 1.165) is 31.4 Å². The standard InChI is InChI=1S/C23H14BrClF4N2O3/c1-34-22(33)11-5-7-13(17(26)9-11)20(30)14-8-6-12(24)10-18(14)31-21(32)19-15(23(27,28)29)3-2-4-16(19)25/h2-10,30H,1H3,(H,31,32). The number of anilines is 1. The highest BCUT2D eigenvalue weighted by atomic mass is 79.9. The van der Waals surface area contributed by atoms with Crippen LogP contribution < -0.4 is 5.32 Å². The first-order chi connectivity index (χ1) is 15.9. The molecule has 0 aliphatic carbocycles. The van der Waals surface area contributed by atoms with Gasteiger partial charge in [-0.1, -0.05) is 33.6 Å². The fourth-order valence-electron chi connectivity index (χ4n) is 3.12. The van der Waals surface area contributed by atoms with E-state index in [9.17, 15) is 27.2 Å². The van der Waals surface area contributed by atoms with Crippen LogP contribution in [-0.4, -0.2) is 24.7 Å². The summed E-state index contributed by atoms with van der Waals surface area (Å²) in [5.74, 6) is -2.83. The summed E-state index contributed by atoms with van der Waals surface area (Å²) in [4.78, 5) is 24.4. The molecule has 0 atom stereocenters. The number of nitrogens with one attached hydrogen (secondary N) is 2. The quantitative estimate of drug-likeness (QED) is 0.208. The average Bonchev–Trinajstić information content (AvgIpc) is 2.77. The van der Waals surface area contributed by atoms with Crippen molar-refractivity contribution in [3.63, 3.8) is 0 Å². The summed E-state index contributed by atoms with van der Waals surface area (Å²) >= 11 is 9.10. The SMILES string of the molecule is COC(=O)c1ccc(C(=N)c2ccc(Br)cc2NC(=O)c2c(Cl)cccc2C(F)(F)F)c(F)c1. The third-order valence-electron chi connectivity index (χ3n) is 4.70. The number of carbonyl (C=O) groups excluding carboxylic acids is 2. The van der Waals surface area contributed by atoms with Crippen molar-refractivity contribution >= 4 is 50.8 Å². The molecule has 34 heavy (non-hydrogen) atoms. The molecule has 0 radical (unpaired) electrons. The molecular weight excluding hydrogens is 544 g/mol. The van der Waals surface area contributed by atoms with E-state index in [0.29, 0.717) is 4.47 Å². The molecule has 176 valence electrons. The molecule has 1 amide bonds. The number of halogens is 6. The fraction of sp³-hybridized carbons (Fsp3) is 0.0870. The lowest BCUT2D eigenvalue weighted by molar-refractivity contribution is -0.137. The van der Waals surface area contributed by atoms with Crippen LogP contribution in [0.15, 0.2) is 59.1 Å². The van der Waals surface area contributed by atoms with E-state index in [4.69, 9.17) is 17.0 Å². The number of hydrogen-bond acceptors (Lipinski definition) is 4. The highest BCUT2D eigenvalue weighted by Gasteiger charge is 2.36. The lowest BCUT2D eigenvalue weighted by Gasteiger charge is -2.17. The molecule has 5 nitrogen and oxygen atoms in total. The molecule has 0 unspecified atom stereocenters. The van der Waals surface area contributed by atoms with Crippen molar-refractivity contribution in [1.82, 2.24) is 0 Å². The molecule has 0 heterocycles. The number of benzene rings is 3. The van der Waals surface area contributed by atoms with Crippen LogP contribution >= 0.6 is 27.5 Å². The van der Waals surface area contributed by atoms with E-state index in [1.54, 1.807) is 0 Å². The van der Waals surface area contributed by atoms with Crippen LogP contribution in [0.4, 0.5) is 23.2 Å². The second kappa shape index (κ2) is 9.94. The first-order valence-electron chi connectivity index (χ1n) is 9.37. The normalized spacial score (nSPS) is 11.1. The number of amides is 1. The van der Waals surface area contributed by atoms with Gasteiger partial charge in [0, 0.05) is 15.6 Å².